The maximum atomic E-state index is 12.5. The Kier molecular flexibility index (Phi) is 8.33. The van der Waals surface area contributed by atoms with Gasteiger partial charge in [-0.15, -0.1) is 16.8 Å². The molecule has 3 aromatic rings. The van der Waals surface area contributed by atoms with Crippen LogP contribution in [0.4, 0.5) is 5.69 Å². The molecule has 0 saturated carbocycles. The van der Waals surface area contributed by atoms with Crippen molar-refractivity contribution in [1.29, 1.82) is 0 Å². The number of hydrogen-bond acceptors (Lipinski definition) is 6. The van der Waals surface area contributed by atoms with Crippen molar-refractivity contribution >= 4 is 23.4 Å². The van der Waals surface area contributed by atoms with E-state index in [0.717, 1.165) is 17.7 Å². The van der Waals surface area contributed by atoms with Gasteiger partial charge in [-0.25, -0.2) is 0 Å². The minimum absolute atomic E-state index is 0.0914. The van der Waals surface area contributed by atoms with Crippen molar-refractivity contribution in [1.82, 2.24) is 14.8 Å². The van der Waals surface area contributed by atoms with Crippen molar-refractivity contribution < 1.29 is 14.3 Å². The van der Waals surface area contributed by atoms with E-state index >= 15 is 0 Å². The highest BCUT2D eigenvalue weighted by molar-refractivity contribution is 7.99. The third-order valence-corrected chi connectivity index (χ3v) is 5.75. The van der Waals surface area contributed by atoms with Crippen LogP contribution in [-0.2, 0) is 17.8 Å². The number of nitrogens with zero attached hydrogens (tertiary/aromatic N) is 3. The van der Waals surface area contributed by atoms with Gasteiger partial charge in [0.15, 0.2) is 17.1 Å². The minimum Gasteiger partial charge on any atom is -0.497 e. The maximum Gasteiger partial charge on any atom is 0.234 e. The number of thioether (sulfide) groups is 1. The van der Waals surface area contributed by atoms with Crippen LogP contribution in [-0.4, -0.2) is 33.5 Å². The summed E-state index contributed by atoms with van der Waals surface area (Å²) in [4.78, 5) is 12.5. The molecule has 8 heteroatoms. The average Bonchev–Trinajstić information content (AvgIpc) is 3.21. The molecule has 7 nitrogen and oxygen atoms in total. The molecule has 0 saturated heterocycles. The average molecular weight is 453 g/mol. The highest BCUT2D eigenvalue weighted by Gasteiger charge is 2.20. The Hall–Kier alpha value is -3.26. The Morgan fingerprint density at radius 1 is 1.22 bits per heavy atom. The van der Waals surface area contributed by atoms with Crippen molar-refractivity contribution in [3.63, 3.8) is 0 Å². The lowest BCUT2D eigenvalue weighted by Gasteiger charge is -2.16. The summed E-state index contributed by atoms with van der Waals surface area (Å²) >= 11 is 1.33. The predicted octanol–water partition coefficient (Wildman–Crippen LogP) is 4.91. The van der Waals surface area contributed by atoms with Crippen LogP contribution in [0.1, 0.15) is 31.3 Å². The van der Waals surface area contributed by atoms with Gasteiger partial charge in [-0.1, -0.05) is 49.0 Å². The van der Waals surface area contributed by atoms with Crippen molar-refractivity contribution in [2.24, 2.45) is 0 Å². The highest BCUT2D eigenvalue weighted by Crippen LogP contribution is 2.27. The third kappa shape index (κ3) is 5.91. The Morgan fingerprint density at radius 3 is 2.75 bits per heavy atom. The van der Waals surface area contributed by atoms with Crippen molar-refractivity contribution in [2.75, 3.05) is 18.2 Å². The van der Waals surface area contributed by atoms with Gasteiger partial charge in [-0.2, -0.15) is 0 Å². The van der Waals surface area contributed by atoms with E-state index in [1.807, 2.05) is 60.0 Å². The van der Waals surface area contributed by atoms with Gasteiger partial charge in [-0.05, 0) is 37.1 Å². The molecule has 32 heavy (non-hydrogen) atoms. The summed E-state index contributed by atoms with van der Waals surface area (Å²) in [6, 6.07) is 15.2. The normalized spacial score (nSPS) is 11.6. The van der Waals surface area contributed by atoms with Gasteiger partial charge < -0.3 is 14.8 Å². The molecule has 1 N–H and O–H groups in total. The molecular formula is C24H28N4O3S. The number of ether oxygens (including phenoxy) is 2. The number of para-hydroxylation sites is 1. The fraction of sp³-hybridized carbons (Fsp3) is 0.292. The van der Waals surface area contributed by atoms with E-state index in [1.54, 1.807) is 13.2 Å². The fourth-order valence-electron chi connectivity index (χ4n) is 3.21. The first-order chi connectivity index (χ1) is 15.5. The predicted molar refractivity (Wildman–Crippen MR) is 127 cm³/mol. The van der Waals surface area contributed by atoms with Crippen LogP contribution in [0.2, 0.25) is 0 Å². The van der Waals surface area contributed by atoms with Crippen LogP contribution >= 0.6 is 11.8 Å². The summed E-state index contributed by atoms with van der Waals surface area (Å²) in [6.45, 7) is 8.31. The summed E-state index contributed by atoms with van der Waals surface area (Å²) in [5.41, 5.74) is 1.95. The standard InChI is InChI=1S/C24H28N4O3S/c1-5-14-28-23(17(3)31-20-12-9-11-19(15-20)30-4)26-27-24(28)32-16-22(29)25-21-13-8-7-10-18(21)6-2/h5,7-13,15,17H,1,6,14,16H2,2-4H3,(H,25,29). The first-order valence-corrected chi connectivity index (χ1v) is 11.4. The number of carbonyl (C=O) groups is 1. The largest absolute Gasteiger partial charge is 0.497 e. The number of rotatable bonds is 11. The number of allylic oxidation sites excluding steroid dienone is 1. The lowest BCUT2D eigenvalue weighted by Crippen LogP contribution is -2.16. The van der Waals surface area contributed by atoms with Gasteiger partial charge in [0.2, 0.25) is 5.91 Å². The molecule has 0 aliphatic heterocycles. The minimum atomic E-state index is -0.353. The molecule has 2 aromatic carbocycles. The zero-order valence-electron chi connectivity index (χ0n) is 18.6. The van der Waals surface area contributed by atoms with Crippen LogP contribution in [0, 0.1) is 0 Å². The highest BCUT2D eigenvalue weighted by atomic mass is 32.2. The summed E-state index contributed by atoms with van der Waals surface area (Å²) in [7, 11) is 1.61. The lowest BCUT2D eigenvalue weighted by molar-refractivity contribution is -0.113. The number of methoxy groups -OCH3 is 1. The second-order valence-corrected chi connectivity index (χ2v) is 7.97. The quantitative estimate of drug-likeness (QED) is 0.329. The van der Waals surface area contributed by atoms with E-state index in [9.17, 15) is 4.79 Å². The summed E-state index contributed by atoms with van der Waals surface area (Å²) in [5.74, 6) is 2.18. The second kappa shape index (κ2) is 11.4. The Labute approximate surface area is 192 Å². The van der Waals surface area contributed by atoms with Gasteiger partial charge in [0.1, 0.15) is 11.5 Å². The number of anilines is 1. The van der Waals surface area contributed by atoms with Crippen LogP contribution in [0.25, 0.3) is 0 Å². The number of carbonyl (C=O) groups excluding carboxylic acids is 1. The molecule has 1 amide bonds. The molecule has 0 bridgehead atoms. The van der Waals surface area contributed by atoms with Crippen molar-refractivity contribution in [3.8, 4) is 11.5 Å². The number of benzene rings is 2. The summed E-state index contributed by atoms with van der Waals surface area (Å²) in [6.07, 6.45) is 2.27. The number of nitrogens with one attached hydrogen (secondary N) is 1. The second-order valence-electron chi connectivity index (χ2n) is 7.03. The van der Waals surface area contributed by atoms with Gasteiger partial charge in [0.05, 0.1) is 12.9 Å². The van der Waals surface area contributed by atoms with Crippen molar-refractivity contribution in [2.45, 2.75) is 38.1 Å². The Bertz CT molecular complexity index is 1070. The smallest absolute Gasteiger partial charge is 0.234 e. The first kappa shape index (κ1) is 23.4. The third-order valence-electron chi connectivity index (χ3n) is 4.78. The first-order valence-electron chi connectivity index (χ1n) is 10.4. The molecule has 1 atom stereocenters. The molecule has 0 aliphatic rings. The van der Waals surface area contributed by atoms with E-state index in [4.69, 9.17) is 9.47 Å². The zero-order valence-corrected chi connectivity index (χ0v) is 19.4. The number of hydrogen-bond donors (Lipinski definition) is 1. The zero-order chi connectivity index (χ0) is 22.9. The van der Waals surface area contributed by atoms with Crippen molar-refractivity contribution in [3.05, 3.63) is 72.6 Å². The molecule has 3 rings (SSSR count). The van der Waals surface area contributed by atoms with Gasteiger partial charge in [0.25, 0.3) is 0 Å². The maximum absolute atomic E-state index is 12.5. The van der Waals surface area contributed by atoms with Crippen LogP contribution < -0.4 is 14.8 Å². The van der Waals surface area contributed by atoms with Gasteiger partial charge in [0, 0.05) is 18.3 Å². The molecule has 168 valence electrons. The number of aromatic nitrogens is 3. The van der Waals surface area contributed by atoms with Crippen LogP contribution in [0.5, 0.6) is 11.5 Å². The topological polar surface area (TPSA) is 78.3 Å². The van der Waals surface area contributed by atoms with Gasteiger partial charge >= 0.3 is 0 Å². The molecule has 1 heterocycles. The Balaban J connectivity index is 1.68. The van der Waals surface area contributed by atoms with E-state index in [2.05, 4.69) is 29.0 Å². The SMILES string of the molecule is C=CCn1c(SCC(=O)Nc2ccccc2CC)nnc1C(C)Oc1cccc(OC)c1. The molecule has 0 spiro atoms. The summed E-state index contributed by atoms with van der Waals surface area (Å²) in [5, 5.41) is 12.2. The van der Waals surface area contributed by atoms with E-state index in [0.29, 0.717) is 29.0 Å². The van der Waals surface area contributed by atoms with Crippen LogP contribution in [0.15, 0.2) is 66.3 Å². The Morgan fingerprint density at radius 2 is 2.00 bits per heavy atom. The number of aryl methyl sites for hydroxylation is 1. The fourth-order valence-corrected chi connectivity index (χ4v) is 3.96. The molecule has 0 fully saturated rings. The van der Waals surface area contributed by atoms with E-state index in [-0.39, 0.29) is 17.8 Å². The van der Waals surface area contributed by atoms with E-state index in [1.165, 1.54) is 11.8 Å². The summed E-state index contributed by atoms with van der Waals surface area (Å²) < 4.78 is 13.2. The molecule has 0 aliphatic carbocycles. The molecule has 0 radical (unpaired) electrons. The van der Waals surface area contributed by atoms with Crippen LogP contribution in [0.3, 0.4) is 0 Å². The molecule has 1 aromatic heterocycles. The molecule has 1 unspecified atom stereocenters. The van der Waals surface area contributed by atoms with E-state index < -0.39 is 0 Å². The number of amides is 1. The van der Waals surface area contributed by atoms with Gasteiger partial charge in [-0.3, -0.25) is 9.36 Å². The lowest BCUT2D eigenvalue weighted by atomic mass is 10.1. The molecular weight excluding hydrogens is 424 g/mol. The monoisotopic (exact) mass is 452 g/mol.